The number of Topliss-reactive ketones (excluding diaryl/α,β-unsaturated/α-hetero) is 1. The second-order valence-corrected chi connectivity index (χ2v) is 4.00. The van der Waals surface area contributed by atoms with Crippen LogP contribution in [0, 0.1) is 17.8 Å². The Labute approximate surface area is 114 Å². The standard InChI is InChI=1S/C16H18O3/c1-3-15(17)14(16(18)19-4-2)12-8-11-13-9-6-5-7-10-13/h5-7,9-10,14H,3-4,12H2,1-2H3. The first-order valence-corrected chi connectivity index (χ1v) is 6.42. The van der Waals surface area contributed by atoms with Crippen LogP contribution in [0.4, 0.5) is 0 Å². The summed E-state index contributed by atoms with van der Waals surface area (Å²) in [6.45, 7) is 3.73. The summed E-state index contributed by atoms with van der Waals surface area (Å²) in [6, 6.07) is 9.46. The predicted molar refractivity (Wildman–Crippen MR) is 73.4 cm³/mol. The van der Waals surface area contributed by atoms with E-state index in [0.717, 1.165) is 5.56 Å². The highest BCUT2D eigenvalue weighted by atomic mass is 16.5. The number of ether oxygens (including phenoxy) is 1. The van der Waals surface area contributed by atoms with Gasteiger partial charge in [-0.25, -0.2) is 0 Å². The molecule has 1 unspecified atom stereocenters. The Hall–Kier alpha value is -2.08. The molecule has 0 spiro atoms. The van der Waals surface area contributed by atoms with E-state index in [2.05, 4.69) is 11.8 Å². The van der Waals surface area contributed by atoms with Crippen molar-refractivity contribution in [2.75, 3.05) is 6.61 Å². The lowest BCUT2D eigenvalue weighted by Crippen LogP contribution is -2.25. The number of carbonyl (C=O) groups is 2. The molecule has 19 heavy (non-hydrogen) atoms. The molecule has 0 aliphatic heterocycles. The molecule has 0 aromatic heterocycles. The van der Waals surface area contributed by atoms with Crippen LogP contribution in [0.2, 0.25) is 0 Å². The number of hydrogen-bond donors (Lipinski definition) is 0. The molecule has 1 atom stereocenters. The minimum Gasteiger partial charge on any atom is -0.465 e. The molecule has 0 aliphatic rings. The number of hydrogen-bond acceptors (Lipinski definition) is 3. The van der Waals surface area contributed by atoms with Gasteiger partial charge in [-0.3, -0.25) is 9.59 Å². The second-order valence-electron chi connectivity index (χ2n) is 4.00. The van der Waals surface area contributed by atoms with Gasteiger partial charge in [0.05, 0.1) is 6.61 Å². The minimum absolute atomic E-state index is 0.124. The van der Waals surface area contributed by atoms with Gasteiger partial charge in [-0.05, 0) is 19.1 Å². The zero-order valence-electron chi connectivity index (χ0n) is 11.3. The monoisotopic (exact) mass is 258 g/mol. The highest BCUT2D eigenvalue weighted by molar-refractivity contribution is 5.99. The lowest BCUT2D eigenvalue weighted by Gasteiger charge is -2.10. The van der Waals surface area contributed by atoms with Gasteiger partial charge in [-0.1, -0.05) is 37.0 Å². The molecule has 3 nitrogen and oxygen atoms in total. The highest BCUT2D eigenvalue weighted by Crippen LogP contribution is 2.09. The van der Waals surface area contributed by atoms with Crippen LogP contribution in [-0.4, -0.2) is 18.4 Å². The van der Waals surface area contributed by atoms with Crippen molar-refractivity contribution in [1.29, 1.82) is 0 Å². The van der Waals surface area contributed by atoms with Gasteiger partial charge >= 0.3 is 5.97 Å². The van der Waals surface area contributed by atoms with Crippen LogP contribution in [0.5, 0.6) is 0 Å². The fourth-order valence-electron chi connectivity index (χ4n) is 1.59. The zero-order valence-corrected chi connectivity index (χ0v) is 11.3. The average Bonchev–Trinajstić information content (AvgIpc) is 2.44. The summed E-state index contributed by atoms with van der Waals surface area (Å²) in [4.78, 5) is 23.4. The molecule has 0 radical (unpaired) electrons. The maximum absolute atomic E-state index is 11.7. The molecule has 3 heteroatoms. The third-order valence-electron chi connectivity index (χ3n) is 2.62. The summed E-state index contributed by atoms with van der Waals surface area (Å²) >= 11 is 0. The summed E-state index contributed by atoms with van der Waals surface area (Å²) < 4.78 is 4.90. The van der Waals surface area contributed by atoms with E-state index in [1.165, 1.54) is 0 Å². The van der Waals surface area contributed by atoms with Crippen molar-refractivity contribution in [2.24, 2.45) is 5.92 Å². The van der Waals surface area contributed by atoms with Crippen molar-refractivity contribution >= 4 is 11.8 Å². The largest absolute Gasteiger partial charge is 0.465 e. The van der Waals surface area contributed by atoms with E-state index < -0.39 is 11.9 Å². The fraction of sp³-hybridized carbons (Fsp3) is 0.375. The van der Waals surface area contributed by atoms with Crippen LogP contribution in [0.1, 0.15) is 32.3 Å². The summed E-state index contributed by atoms with van der Waals surface area (Å²) in [7, 11) is 0. The van der Waals surface area contributed by atoms with Crippen LogP contribution >= 0.6 is 0 Å². The van der Waals surface area contributed by atoms with Crippen LogP contribution in [0.25, 0.3) is 0 Å². The van der Waals surface area contributed by atoms with Crippen molar-refractivity contribution in [3.8, 4) is 11.8 Å². The third-order valence-corrected chi connectivity index (χ3v) is 2.62. The second kappa shape index (κ2) is 8.10. The summed E-state index contributed by atoms with van der Waals surface area (Å²) in [5, 5.41) is 0. The fourth-order valence-corrected chi connectivity index (χ4v) is 1.59. The number of benzene rings is 1. The number of rotatable bonds is 5. The summed E-state index contributed by atoms with van der Waals surface area (Å²) in [5.41, 5.74) is 0.869. The molecule has 0 heterocycles. The zero-order chi connectivity index (χ0) is 14.1. The maximum Gasteiger partial charge on any atom is 0.317 e. The molecule has 0 bridgehead atoms. The Morgan fingerprint density at radius 3 is 2.47 bits per heavy atom. The predicted octanol–water partition coefficient (Wildman–Crippen LogP) is 2.59. The quantitative estimate of drug-likeness (QED) is 0.463. The van der Waals surface area contributed by atoms with Crippen molar-refractivity contribution in [1.82, 2.24) is 0 Å². The van der Waals surface area contributed by atoms with E-state index in [0.29, 0.717) is 6.42 Å². The Morgan fingerprint density at radius 1 is 1.21 bits per heavy atom. The Kier molecular flexibility index (Phi) is 6.38. The topological polar surface area (TPSA) is 43.4 Å². The molecule has 0 aliphatic carbocycles. The van der Waals surface area contributed by atoms with E-state index in [-0.39, 0.29) is 18.8 Å². The first-order valence-electron chi connectivity index (χ1n) is 6.42. The van der Waals surface area contributed by atoms with Crippen molar-refractivity contribution in [3.63, 3.8) is 0 Å². The third kappa shape index (κ3) is 4.97. The number of carbonyl (C=O) groups excluding carboxylic acids is 2. The first kappa shape index (κ1) is 15.0. The molecule has 1 rings (SSSR count). The molecular weight excluding hydrogens is 240 g/mol. The molecule has 0 saturated carbocycles. The van der Waals surface area contributed by atoms with E-state index >= 15 is 0 Å². The minimum atomic E-state index is -0.763. The first-order chi connectivity index (χ1) is 9.19. The molecule has 0 amide bonds. The smallest absolute Gasteiger partial charge is 0.317 e. The lowest BCUT2D eigenvalue weighted by molar-refractivity contribution is -0.151. The Bertz CT molecular complexity index is 480. The molecular formula is C16H18O3. The summed E-state index contributed by atoms with van der Waals surface area (Å²) in [6.07, 6.45) is 0.525. The number of esters is 1. The Morgan fingerprint density at radius 2 is 1.89 bits per heavy atom. The van der Waals surface area contributed by atoms with E-state index in [4.69, 9.17) is 4.74 Å². The van der Waals surface area contributed by atoms with Crippen LogP contribution in [-0.2, 0) is 14.3 Å². The molecule has 100 valence electrons. The SMILES string of the molecule is CCOC(=O)C(CC#Cc1ccccc1)C(=O)CC. The van der Waals surface area contributed by atoms with E-state index in [9.17, 15) is 9.59 Å². The van der Waals surface area contributed by atoms with Crippen molar-refractivity contribution in [2.45, 2.75) is 26.7 Å². The molecule has 1 aromatic rings. The van der Waals surface area contributed by atoms with Gasteiger partial charge in [0, 0.05) is 18.4 Å². The Balaban J connectivity index is 2.71. The van der Waals surface area contributed by atoms with Gasteiger partial charge in [0.15, 0.2) is 0 Å². The van der Waals surface area contributed by atoms with Crippen LogP contribution in [0.15, 0.2) is 30.3 Å². The van der Waals surface area contributed by atoms with Crippen molar-refractivity contribution < 1.29 is 14.3 Å². The number of ketones is 1. The maximum atomic E-state index is 11.7. The molecule has 0 N–H and O–H groups in total. The lowest BCUT2D eigenvalue weighted by atomic mass is 9.98. The van der Waals surface area contributed by atoms with Gasteiger partial charge in [-0.2, -0.15) is 0 Å². The van der Waals surface area contributed by atoms with E-state index in [1.807, 2.05) is 30.3 Å². The normalized spacial score (nSPS) is 11.1. The van der Waals surface area contributed by atoms with Gasteiger partial charge < -0.3 is 4.74 Å². The van der Waals surface area contributed by atoms with Crippen LogP contribution in [0.3, 0.4) is 0 Å². The average molecular weight is 258 g/mol. The summed E-state index contributed by atoms with van der Waals surface area (Å²) in [5.74, 6) is 4.46. The van der Waals surface area contributed by atoms with Gasteiger partial charge in [0.2, 0.25) is 0 Å². The highest BCUT2D eigenvalue weighted by Gasteiger charge is 2.25. The van der Waals surface area contributed by atoms with Gasteiger partial charge in [-0.15, -0.1) is 0 Å². The van der Waals surface area contributed by atoms with E-state index in [1.54, 1.807) is 13.8 Å². The van der Waals surface area contributed by atoms with Crippen molar-refractivity contribution in [3.05, 3.63) is 35.9 Å². The molecule has 0 fully saturated rings. The van der Waals surface area contributed by atoms with Gasteiger partial charge in [0.25, 0.3) is 0 Å². The van der Waals surface area contributed by atoms with Crippen LogP contribution < -0.4 is 0 Å². The molecule has 1 aromatic carbocycles. The van der Waals surface area contributed by atoms with Gasteiger partial charge in [0.1, 0.15) is 11.7 Å². The molecule has 0 saturated heterocycles.